The zero-order valence-electron chi connectivity index (χ0n) is 13.5. The molecule has 0 saturated heterocycles. The summed E-state index contributed by atoms with van der Waals surface area (Å²) in [6.45, 7) is 3.00. The number of benzene rings is 2. The van der Waals surface area contributed by atoms with E-state index in [0.29, 0.717) is 30.2 Å². The maximum absolute atomic E-state index is 12.0. The van der Waals surface area contributed by atoms with Gasteiger partial charge in [0.15, 0.2) is 0 Å². The molecule has 0 unspecified atom stereocenters. The Morgan fingerprint density at radius 3 is 2.38 bits per heavy atom. The van der Waals surface area contributed by atoms with Crippen LogP contribution in [0.4, 0.5) is 16.2 Å². The molecule has 0 spiro atoms. The van der Waals surface area contributed by atoms with Gasteiger partial charge in [-0.25, -0.2) is 9.59 Å². The topological polar surface area (TPSA) is 76.7 Å². The number of carbonyl (C=O) groups excluding carboxylic acids is 2. The van der Waals surface area contributed by atoms with Gasteiger partial charge in [0.25, 0.3) is 0 Å². The van der Waals surface area contributed by atoms with Gasteiger partial charge < -0.3 is 20.1 Å². The highest BCUT2D eigenvalue weighted by atomic mass is 16.6. The van der Waals surface area contributed by atoms with Crippen LogP contribution in [0.3, 0.4) is 0 Å². The van der Waals surface area contributed by atoms with Gasteiger partial charge in [-0.2, -0.15) is 0 Å². The standard InChI is InChI=1S/C18H20N2O4/c1-2-23-11-12-24-17(21)14-7-6-10-16(13-14)20-18(22)19-15-8-4-3-5-9-15/h3-10,13H,2,11-12H2,1H3,(H2,19,20,22). The summed E-state index contributed by atoms with van der Waals surface area (Å²) >= 11 is 0. The van der Waals surface area contributed by atoms with Crippen molar-refractivity contribution in [1.29, 1.82) is 0 Å². The smallest absolute Gasteiger partial charge is 0.338 e. The average Bonchev–Trinajstić information content (AvgIpc) is 2.59. The number of rotatable bonds is 7. The summed E-state index contributed by atoms with van der Waals surface area (Å²) in [4.78, 5) is 23.9. The quantitative estimate of drug-likeness (QED) is 0.602. The minimum atomic E-state index is -0.457. The number of esters is 1. The molecule has 2 rings (SSSR count). The lowest BCUT2D eigenvalue weighted by Crippen LogP contribution is -2.19. The number of amides is 2. The van der Waals surface area contributed by atoms with Gasteiger partial charge in [0, 0.05) is 18.0 Å². The van der Waals surface area contributed by atoms with Crippen molar-refractivity contribution in [2.24, 2.45) is 0 Å². The van der Waals surface area contributed by atoms with Gasteiger partial charge in [-0.3, -0.25) is 0 Å². The first kappa shape index (κ1) is 17.5. The van der Waals surface area contributed by atoms with Crippen molar-refractivity contribution >= 4 is 23.4 Å². The molecule has 2 amide bonds. The van der Waals surface area contributed by atoms with E-state index in [-0.39, 0.29) is 12.6 Å². The largest absolute Gasteiger partial charge is 0.460 e. The number of ether oxygens (including phenoxy) is 2. The Morgan fingerprint density at radius 2 is 1.62 bits per heavy atom. The van der Waals surface area contributed by atoms with E-state index in [2.05, 4.69) is 10.6 Å². The van der Waals surface area contributed by atoms with E-state index in [9.17, 15) is 9.59 Å². The third-order valence-electron chi connectivity index (χ3n) is 3.05. The fourth-order valence-electron chi connectivity index (χ4n) is 1.96. The van der Waals surface area contributed by atoms with Gasteiger partial charge in [0.2, 0.25) is 0 Å². The van der Waals surface area contributed by atoms with Crippen molar-refractivity contribution in [1.82, 2.24) is 0 Å². The van der Waals surface area contributed by atoms with Crippen LogP contribution >= 0.6 is 0 Å². The molecule has 6 heteroatoms. The highest BCUT2D eigenvalue weighted by Gasteiger charge is 2.09. The molecule has 0 aliphatic heterocycles. The van der Waals surface area contributed by atoms with Crippen molar-refractivity contribution in [3.8, 4) is 0 Å². The molecule has 24 heavy (non-hydrogen) atoms. The number of hydrogen-bond donors (Lipinski definition) is 2. The van der Waals surface area contributed by atoms with Crippen molar-refractivity contribution in [2.45, 2.75) is 6.92 Å². The van der Waals surface area contributed by atoms with E-state index in [1.165, 1.54) is 0 Å². The number of hydrogen-bond acceptors (Lipinski definition) is 4. The summed E-state index contributed by atoms with van der Waals surface area (Å²) in [5.74, 6) is -0.457. The average molecular weight is 328 g/mol. The maximum atomic E-state index is 12.0. The highest BCUT2D eigenvalue weighted by molar-refractivity contribution is 6.00. The Bertz CT molecular complexity index is 674. The summed E-state index contributed by atoms with van der Waals surface area (Å²) in [6.07, 6.45) is 0. The SMILES string of the molecule is CCOCCOC(=O)c1cccc(NC(=O)Nc2ccccc2)c1. The van der Waals surface area contributed by atoms with Crippen LogP contribution in [0.15, 0.2) is 54.6 Å². The fourth-order valence-corrected chi connectivity index (χ4v) is 1.96. The molecule has 0 aliphatic rings. The second-order valence-electron chi connectivity index (χ2n) is 4.86. The van der Waals surface area contributed by atoms with Gasteiger partial charge in [0.05, 0.1) is 12.2 Å². The molecule has 6 nitrogen and oxygen atoms in total. The Hall–Kier alpha value is -2.86. The van der Waals surface area contributed by atoms with Gasteiger partial charge in [-0.05, 0) is 37.3 Å². The molecule has 0 radical (unpaired) electrons. The third-order valence-corrected chi connectivity index (χ3v) is 3.05. The van der Waals surface area contributed by atoms with Crippen LogP contribution in [0.25, 0.3) is 0 Å². The molecule has 2 N–H and O–H groups in total. The Morgan fingerprint density at radius 1 is 0.917 bits per heavy atom. The van der Waals surface area contributed by atoms with Crippen LogP contribution in [0.1, 0.15) is 17.3 Å². The van der Waals surface area contributed by atoms with Gasteiger partial charge >= 0.3 is 12.0 Å². The maximum Gasteiger partial charge on any atom is 0.338 e. The molecule has 0 saturated carbocycles. The van der Waals surface area contributed by atoms with E-state index >= 15 is 0 Å². The van der Waals surface area contributed by atoms with E-state index in [0.717, 1.165) is 0 Å². The molecular formula is C18H20N2O4. The normalized spacial score (nSPS) is 10.0. The Labute approximate surface area is 140 Å². The molecule has 2 aromatic carbocycles. The first-order valence-electron chi connectivity index (χ1n) is 7.67. The number of anilines is 2. The summed E-state index contributed by atoms with van der Waals surface area (Å²) < 4.78 is 10.2. The predicted octanol–water partition coefficient (Wildman–Crippen LogP) is 3.52. The monoisotopic (exact) mass is 328 g/mol. The van der Waals surface area contributed by atoms with Crippen LogP contribution in [0, 0.1) is 0 Å². The second kappa shape index (κ2) is 9.32. The van der Waals surface area contributed by atoms with Crippen LogP contribution in [0.5, 0.6) is 0 Å². The summed E-state index contributed by atoms with van der Waals surface area (Å²) in [5.41, 5.74) is 1.55. The summed E-state index contributed by atoms with van der Waals surface area (Å²) in [5, 5.41) is 5.38. The molecule has 0 aliphatic carbocycles. The predicted molar refractivity (Wildman–Crippen MR) is 92.3 cm³/mol. The van der Waals surface area contributed by atoms with Crippen LogP contribution in [0.2, 0.25) is 0 Å². The van der Waals surface area contributed by atoms with E-state index < -0.39 is 5.97 Å². The first-order chi connectivity index (χ1) is 11.7. The van der Waals surface area contributed by atoms with E-state index in [1.54, 1.807) is 36.4 Å². The molecule has 2 aromatic rings. The molecule has 0 atom stereocenters. The first-order valence-corrected chi connectivity index (χ1v) is 7.67. The van der Waals surface area contributed by atoms with Gasteiger partial charge in [-0.1, -0.05) is 24.3 Å². The lowest BCUT2D eigenvalue weighted by Gasteiger charge is -2.09. The zero-order valence-corrected chi connectivity index (χ0v) is 13.5. The Balaban J connectivity index is 1.90. The van der Waals surface area contributed by atoms with Crippen LogP contribution in [-0.4, -0.2) is 31.8 Å². The third kappa shape index (κ3) is 5.73. The fraction of sp³-hybridized carbons (Fsp3) is 0.222. The van der Waals surface area contributed by atoms with Crippen LogP contribution in [-0.2, 0) is 9.47 Å². The molecular weight excluding hydrogens is 308 g/mol. The van der Waals surface area contributed by atoms with Gasteiger partial charge in [-0.15, -0.1) is 0 Å². The van der Waals surface area contributed by atoms with E-state index in [4.69, 9.17) is 9.47 Å². The minimum Gasteiger partial charge on any atom is -0.460 e. The number of carbonyl (C=O) groups is 2. The lowest BCUT2D eigenvalue weighted by atomic mass is 10.2. The van der Waals surface area contributed by atoms with Crippen molar-refractivity contribution in [2.75, 3.05) is 30.5 Å². The van der Waals surface area contributed by atoms with Crippen molar-refractivity contribution in [3.05, 3.63) is 60.2 Å². The Kier molecular flexibility index (Phi) is 6.79. The molecule has 0 bridgehead atoms. The zero-order chi connectivity index (χ0) is 17.2. The molecule has 126 valence electrons. The summed E-state index contributed by atoms with van der Waals surface area (Å²) in [7, 11) is 0. The van der Waals surface area contributed by atoms with Crippen LogP contribution < -0.4 is 10.6 Å². The number of urea groups is 1. The highest BCUT2D eigenvalue weighted by Crippen LogP contribution is 2.13. The minimum absolute atomic E-state index is 0.193. The van der Waals surface area contributed by atoms with Crippen molar-refractivity contribution < 1.29 is 19.1 Å². The van der Waals surface area contributed by atoms with Crippen molar-refractivity contribution in [3.63, 3.8) is 0 Å². The number of nitrogens with one attached hydrogen (secondary N) is 2. The second-order valence-corrected chi connectivity index (χ2v) is 4.86. The van der Waals surface area contributed by atoms with Gasteiger partial charge in [0.1, 0.15) is 6.61 Å². The summed E-state index contributed by atoms with van der Waals surface area (Å²) in [6, 6.07) is 15.3. The number of para-hydroxylation sites is 1. The lowest BCUT2D eigenvalue weighted by molar-refractivity contribution is 0.0335. The molecule has 0 heterocycles. The molecule has 0 fully saturated rings. The van der Waals surface area contributed by atoms with E-state index in [1.807, 2.05) is 25.1 Å². The molecule has 0 aromatic heterocycles.